The number of hydrogen-bond acceptors (Lipinski definition) is 3. The first-order valence-corrected chi connectivity index (χ1v) is 9.58. The summed E-state index contributed by atoms with van der Waals surface area (Å²) in [5.41, 5.74) is 2.29. The number of carboxylic acid groups (broad SMARTS) is 1. The first-order valence-electron chi connectivity index (χ1n) is 9.20. The van der Waals surface area contributed by atoms with Gasteiger partial charge < -0.3 is 14.4 Å². The topological polar surface area (TPSA) is 68.5 Å². The molecule has 0 aliphatic carbocycles. The summed E-state index contributed by atoms with van der Waals surface area (Å²) in [6, 6.07) is 12.1. The van der Waals surface area contributed by atoms with Crippen molar-refractivity contribution in [3.05, 3.63) is 64.3 Å². The van der Waals surface area contributed by atoms with Crippen molar-refractivity contribution >= 4 is 34.3 Å². The number of rotatable bonds is 8. The zero-order valence-electron chi connectivity index (χ0n) is 15.9. The molecule has 6 heteroatoms. The minimum absolute atomic E-state index is 0.164. The van der Waals surface area contributed by atoms with E-state index in [1.165, 1.54) is 0 Å². The second kappa shape index (κ2) is 8.48. The number of carbonyl (C=O) groups is 2. The number of ketones is 1. The standard InChI is InChI=1S/C22H22ClNO4/c1-3-4-11-28-17-9-10-18-19(12-17)24(13-20(25)26)14(2)21(18)22(27)15-5-7-16(23)8-6-15/h5-10,12H,3-4,11,13H2,1-2H3,(H,25,26). The lowest BCUT2D eigenvalue weighted by Crippen LogP contribution is -2.11. The molecular weight excluding hydrogens is 378 g/mol. The van der Waals surface area contributed by atoms with Gasteiger partial charge in [-0.15, -0.1) is 0 Å². The number of halogens is 1. The maximum absolute atomic E-state index is 13.2. The van der Waals surface area contributed by atoms with Crippen LogP contribution in [0, 0.1) is 6.92 Å². The number of aromatic nitrogens is 1. The van der Waals surface area contributed by atoms with E-state index < -0.39 is 5.97 Å². The molecule has 0 aliphatic heterocycles. The van der Waals surface area contributed by atoms with E-state index >= 15 is 0 Å². The van der Waals surface area contributed by atoms with E-state index in [9.17, 15) is 14.7 Å². The number of carboxylic acids is 1. The molecule has 1 aromatic heterocycles. The van der Waals surface area contributed by atoms with Crippen molar-refractivity contribution in [2.75, 3.05) is 6.61 Å². The molecule has 3 rings (SSSR count). The fraction of sp³-hybridized carbons (Fsp3) is 0.273. The third-order valence-corrected chi connectivity index (χ3v) is 4.94. The van der Waals surface area contributed by atoms with E-state index in [4.69, 9.17) is 16.3 Å². The highest BCUT2D eigenvalue weighted by Gasteiger charge is 2.22. The highest BCUT2D eigenvalue weighted by molar-refractivity contribution is 6.30. The minimum atomic E-state index is -0.970. The van der Waals surface area contributed by atoms with Gasteiger partial charge in [-0.2, -0.15) is 0 Å². The molecule has 5 nitrogen and oxygen atoms in total. The first kappa shape index (κ1) is 20.0. The summed E-state index contributed by atoms with van der Waals surface area (Å²) in [7, 11) is 0. The lowest BCUT2D eigenvalue weighted by Gasteiger charge is -2.08. The molecule has 0 radical (unpaired) electrons. The highest BCUT2D eigenvalue weighted by Crippen LogP contribution is 2.31. The van der Waals surface area contributed by atoms with Crippen molar-refractivity contribution < 1.29 is 19.4 Å². The van der Waals surface area contributed by atoms with E-state index in [2.05, 4.69) is 6.92 Å². The molecule has 0 aliphatic rings. The predicted molar refractivity (Wildman–Crippen MR) is 110 cm³/mol. The van der Waals surface area contributed by atoms with E-state index in [-0.39, 0.29) is 12.3 Å². The van der Waals surface area contributed by atoms with Crippen molar-refractivity contribution in [1.29, 1.82) is 0 Å². The van der Waals surface area contributed by atoms with Gasteiger partial charge in [-0.25, -0.2) is 0 Å². The van der Waals surface area contributed by atoms with Crippen molar-refractivity contribution in [2.45, 2.75) is 33.2 Å². The number of unbranched alkanes of at least 4 members (excludes halogenated alkanes) is 1. The number of benzene rings is 2. The van der Waals surface area contributed by atoms with Gasteiger partial charge in [-0.05, 0) is 49.7 Å². The summed E-state index contributed by atoms with van der Waals surface area (Å²) >= 11 is 5.93. The number of nitrogens with zero attached hydrogens (tertiary/aromatic N) is 1. The molecule has 0 unspecified atom stereocenters. The SMILES string of the molecule is CCCCOc1ccc2c(C(=O)c3ccc(Cl)cc3)c(C)n(CC(=O)O)c2c1. The summed E-state index contributed by atoms with van der Waals surface area (Å²) in [4.78, 5) is 24.5. The van der Waals surface area contributed by atoms with Gasteiger partial charge >= 0.3 is 5.97 Å². The highest BCUT2D eigenvalue weighted by atomic mass is 35.5. The number of aliphatic carboxylic acids is 1. The van der Waals surface area contributed by atoms with Crippen LogP contribution in [-0.4, -0.2) is 28.0 Å². The summed E-state index contributed by atoms with van der Waals surface area (Å²) in [5.74, 6) is -0.471. The van der Waals surface area contributed by atoms with Gasteiger partial charge in [0.05, 0.1) is 17.7 Å². The quantitative estimate of drug-likeness (QED) is 0.422. The molecule has 0 atom stereocenters. The van der Waals surface area contributed by atoms with Crippen LogP contribution >= 0.6 is 11.6 Å². The molecule has 28 heavy (non-hydrogen) atoms. The molecule has 0 saturated carbocycles. The Labute approximate surface area is 168 Å². The maximum Gasteiger partial charge on any atom is 0.323 e. The second-order valence-corrected chi connectivity index (χ2v) is 7.09. The minimum Gasteiger partial charge on any atom is -0.494 e. The Kier molecular flexibility index (Phi) is 6.05. The monoisotopic (exact) mass is 399 g/mol. The van der Waals surface area contributed by atoms with Crippen molar-refractivity contribution in [1.82, 2.24) is 4.57 Å². The third-order valence-electron chi connectivity index (χ3n) is 4.69. The molecule has 0 fully saturated rings. The predicted octanol–water partition coefficient (Wildman–Crippen LogP) is 5.10. The average Bonchev–Trinajstić information content (AvgIpc) is 2.93. The number of carbonyl (C=O) groups excluding carboxylic acids is 1. The lowest BCUT2D eigenvalue weighted by molar-refractivity contribution is -0.137. The zero-order valence-corrected chi connectivity index (χ0v) is 16.6. The molecule has 146 valence electrons. The Balaban J connectivity index is 2.11. The molecule has 1 N–H and O–H groups in total. The Bertz CT molecular complexity index is 1020. The molecule has 0 amide bonds. The number of hydrogen-bond donors (Lipinski definition) is 1. The van der Waals surface area contributed by atoms with Crippen LogP contribution in [0.25, 0.3) is 10.9 Å². The molecule has 0 spiro atoms. The van der Waals surface area contributed by atoms with E-state index in [0.29, 0.717) is 45.1 Å². The normalized spacial score (nSPS) is 11.0. The van der Waals surface area contributed by atoms with Crippen molar-refractivity contribution in [3.63, 3.8) is 0 Å². The van der Waals surface area contributed by atoms with Gasteiger partial charge in [0.1, 0.15) is 12.3 Å². The fourth-order valence-electron chi connectivity index (χ4n) is 3.25. The molecule has 1 heterocycles. The van der Waals surface area contributed by atoms with Crippen LogP contribution in [0.2, 0.25) is 5.02 Å². The van der Waals surface area contributed by atoms with Crippen LogP contribution in [0.1, 0.15) is 41.4 Å². The molecule has 2 aromatic carbocycles. The molecule has 3 aromatic rings. The summed E-state index contributed by atoms with van der Waals surface area (Å²) < 4.78 is 7.41. The van der Waals surface area contributed by atoms with Crippen molar-refractivity contribution in [3.8, 4) is 5.75 Å². The zero-order chi connectivity index (χ0) is 20.3. The van der Waals surface area contributed by atoms with E-state index in [1.807, 2.05) is 12.1 Å². The van der Waals surface area contributed by atoms with Crippen LogP contribution in [0.15, 0.2) is 42.5 Å². The van der Waals surface area contributed by atoms with Gasteiger partial charge in [-0.1, -0.05) is 24.9 Å². The van der Waals surface area contributed by atoms with E-state index in [1.54, 1.807) is 41.8 Å². The van der Waals surface area contributed by atoms with Crippen LogP contribution in [0.4, 0.5) is 0 Å². The second-order valence-electron chi connectivity index (χ2n) is 6.66. The first-order chi connectivity index (χ1) is 13.4. The number of fused-ring (bicyclic) bond motifs is 1. The summed E-state index contributed by atoms with van der Waals surface area (Å²) in [6.45, 7) is 4.22. The van der Waals surface area contributed by atoms with Crippen LogP contribution in [0.3, 0.4) is 0 Å². The molecular formula is C22H22ClNO4. The van der Waals surface area contributed by atoms with Crippen LogP contribution in [-0.2, 0) is 11.3 Å². The smallest absolute Gasteiger partial charge is 0.323 e. The van der Waals surface area contributed by atoms with Crippen molar-refractivity contribution in [2.24, 2.45) is 0 Å². The lowest BCUT2D eigenvalue weighted by atomic mass is 10.0. The third kappa shape index (κ3) is 4.04. The van der Waals surface area contributed by atoms with Gasteiger partial charge in [0, 0.05) is 27.7 Å². The Morgan fingerprint density at radius 2 is 1.86 bits per heavy atom. The summed E-state index contributed by atoms with van der Waals surface area (Å²) in [5, 5.41) is 10.6. The Morgan fingerprint density at radius 1 is 1.14 bits per heavy atom. The maximum atomic E-state index is 13.2. The molecule has 0 saturated heterocycles. The van der Waals surface area contributed by atoms with Crippen LogP contribution in [0.5, 0.6) is 5.75 Å². The fourth-order valence-corrected chi connectivity index (χ4v) is 3.38. The van der Waals surface area contributed by atoms with Gasteiger partial charge in [0.15, 0.2) is 5.78 Å². The summed E-state index contributed by atoms with van der Waals surface area (Å²) in [6.07, 6.45) is 1.96. The van der Waals surface area contributed by atoms with Gasteiger partial charge in [-0.3, -0.25) is 9.59 Å². The van der Waals surface area contributed by atoms with Gasteiger partial charge in [0.25, 0.3) is 0 Å². The average molecular weight is 400 g/mol. The van der Waals surface area contributed by atoms with Gasteiger partial charge in [0.2, 0.25) is 0 Å². The van der Waals surface area contributed by atoms with Crippen LogP contribution < -0.4 is 4.74 Å². The largest absolute Gasteiger partial charge is 0.494 e. The Morgan fingerprint density at radius 3 is 2.50 bits per heavy atom. The molecule has 0 bridgehead atoms. The number of ether oxygens (including phenoxy) is 1. The Hall–Kier alpha value is -2.79. The van der Waals surface area contributed by atoms with E-state index in [0.717, 1.165) is 12.8 Å².